The normalized spacial score (nSPS) is 17.7. The molecule has 2 amide bonds. The summed E-state index contributed by atoms with van der Waals surface area (Å²) in [5.41, 5.74) is 3.11. The van der Waals surface area contributed by atoms with Gasteiger partial charge in [0.2, 0.25) is 18.6 Å². The average molecular weight is 565 g/mol. The number of carbonyl (C=O) groups excluding carboxylic acids is 3. The molecule has 2 aromatic carbocycles. The molecule has 0 saturated carbocycles. The number of carbonyl (C=O) groups is 3. The molecular formula is C29H28N2O6S2. The Bertz CT molecular complexity index is 1450. The highest BCUT2D eigenvalue weighted by Crippen LogP contribution is 2.47. The maximum Gasteiger partial charge on any atom is 0.341 e. The molecule has 0 spiro atoms. The van der Waals surface area contributed by atoms with Crippen molar-refractivity contribution in [3.8, 4) is 11.5 Å². The van der Waals surface area contributed by atoms with Crippen LogP contribution in [0.15, 0.2) is 47.4 Å². The number of aryl methyl sites for hydroxylation is 1. The van der Waals surface area contributed by atoms with Gasteiger partial charge in [-0.05, 0) is 68.0 Å². The van der Waals surface area contributed by atoms with Crippen LogP contribution in [0.25, 0.3) is 0 Å². The van der Waals surface area contributed by atoms with Crippen molar-refractivity contribution in [1.29, 1.82) is 0 Å². The number of amides is 2. The first-order chi connectivity index (χ1) is 19.0. The Morgan fingerprint density at radius 2 is 1.92 bits per heavy atom. The summed E-state index contributed by atoms with van der Waals surface area (Å²) in [6.45, 7) is 2.06. The molecule has 0 bridgehead atoms. The molecule has 39 heavy (non-hydrogen) atoms. The number of hydrogen-bond donors (Lipinski definition) is 1. The number of nitrogens with one attached hydrogen (secondary N) is 1. The molecule has 0 saturated heterocycles. The number of fused-ring (bicyclic) bond motifs is 3. The summed E-state index contributed by atoms with van der Waals surface area (Å²) in [4.78, 5) is 43.4. The number of para-hydroxylation sites is 1. The van der Waals surface area contributed by atoms with E-state index in [4.69, 9.17) is 14.2 Å². The van der Waals surface area contributed by atoms with E-state index in [2.05, 4.69) is 5.32 Å². The van der Waals surface area contributed by atoms with Gasteiger partial charge in [0.25, 0.3) is 0 Å². The smallest absolute Gasteiger partial charge is 0.341 e. The molecular weight excluding hydrogens is 536 g/mol. The van der Waals surface area contributed by atoms with Crippen molar-refractivity contribution in [3.63, 3.8) is 0 Å². The van der Waals surface area contributed by atoms with Gasteiger partial charge in [-0.25, -0.2) is 4.79 Å². The molecule has 1 unspecified atom stereocenters. The summed E-state index contributed by atoms with van der Waals surface area (Å²) in [6, 6.07) is 13.4. The minimum atomic E-state index is -0.411. The Hall–Kier alpha value is -3.50. The highest BCUT2D eigenvalue weighted by Gasteiger charge is 2.32. The van der Waals surface area contributed by atoms with Crippen molar-refractivity contribution in [2.24, 2.45) is 0 Å². The molecule has 1 atom stereocenters. The second kappa shape index (κ2) is 10.9. The second-order valence-corrected chi connectivity index (χ2v) is 11.9. The molecule has 1 aromatic heterocycles. The van der Waals surface area contributed by atoms with Crippen LogP contribution in [-0.2, 0) is 27.2 Å². The zero-order valence-electron chi connectivity index (χ0n) is 21.5. The maximum atomic E-state index is 13.6. The molecule has 3 aromatic rings. The van der Waals surface area contributed by atoms with Crippen molar-refractivity contribution in [2.45, 2.75) is 49.2 Å². The number of thioether (sulfide) groups is 1. The number of thiophene rings is 1. The van der Waals surface area contributed by atoms with E-state index in [1.165, 1.54) is 11.3 Å². The first-order valence-corrected chi connectivity index (χ1v) is 14.8. The maximum absolute atomic E-state index is 13.6. The van der Waals surface area contributed by atoms with Crippen molar-refractivity contribution in [3.05, 3.63) is 64.0 Å². The molecule has 10 heteroatoms. The molecule has 0 radical (unpaired) electrons. The Balaban J connectivity index is 1.25. The SMILES string of the molecule is CCOC(=O)c1c(NC(=O)CN2C(=O)CC(c3ccc4c(c3)OCO4)Sc3ccccc32)sc2c1CCCC2. The van der Waals surface area contributed by atoms with Crippen LogP contribution in [0.2, 0.25) is 0 Å². The lowest BCUT2D eigenvalue weighted by molar-refractivity contribution is -0.121. The fraction of sp³-hybridized carbons (Fsp3) is 0.345. The summed E-state index contributed by atoms with van der Waals surface area (Å²) < 4.78 is 16.3. The lowest BCUT2D eigenvalue weighted by Crippen LogP contribution is -2.38. The summed E-state index contributed by atoms with van der Waals surface area (Å²) in [6.07, 6.45) is 3.97. The Labute approximate surface area is 234 Å². The predicted octanol–water partition coefficient (Wildman–Crippen LogP) is 5.74. The quantitative estimate of drug-likeness (QED) is 0.382. The molecule has 8 nitrogen and oxygen atoms in total. The minimum absolute atomic E-state index is 0.152. The number of nitrogens with zero attached hydrogens (tertiary/aromatic N) is 1. The van der Waals surface area contributed by atoms with E-state index in [9.17, 15) is 14.4 Å². The average Bonchev–Trinajstić information content (AvgIpc) is 3.52. The fourth-order valence-electron chi connectivity index (χ4n) is 5.23. The molecule has 6 rings (SSSR count). The molecule has 1 aliphatic carbocycles. The van der Waals surface area contributed by atoms with Gasteiger partial charge in [0.15, 0.2) is 11.5 Å². The number of ether oxygens (including phenoxy) is 3. The molecule has 3 aliphatic rings. The van der Waals surface area contributed by atoms with E-state index in [1.54, 1.807) is 23.6 Å². The van der Waals surface area contributed by atoms with Crippen LogP contribution in [0, 0.1) is 0 Å². The number of benzene rings is 2. The van der Waals surface area contributed by atoms with Gasteiger partial charge in [-0.3, -0.25) is 9.59 Å². The summed E-state index contributed by atoms with van der Waals surface area (Å²) in [5.74, 6) is 0.451. The van der Waals surface area contributed by atoms with Crippen molar-refractivity contribution in [2.75, 3.05) is 30.2 Å². The molecule has 1 N–H and O–H groups in total. The zero-order chi connectivity index (χ0) is 26.9. The largest absolute Gasteiger partial charge is 0.462 e. The van der Waals surface area contributed by atoms with Gasteiger partial charge in [0.1, 0.15) is 11.5 Å². The number of hydrogen-bond acceptors (Lipinski definition) is 8. The van der Waals surface area contributed by atoms with Crippen LogP contribution >= 0.6 is 23.1 Å². The first-order valence-electron chi connectivity index (χ1n) is 13.1. The van der Waals surface area contributed by atoms with Crippen LogP contribution in [0.1, 0.15) is 57.8 Å². The fourth-order valence-corrected chi connectivity index (χ4v) is 7.80. The van der Waals surface area contributed by atoms with E-state index in [0.29, 0.717) is 27.8 Å². The molecule has 202 valence electrons. The molecule has 0 fully saturated rings. The lowest BCUT2D eigenvalue weighted by atomic mass is 9.95. The zero-order valence-corrected chi connectivity index (χ0v) is 23.1. The van der Waals surface area contributed by atoms with E-state index < -0.39 is 5.97 Å². The third kappa shape index (κ3) is 5.10. The minimum Gasteiger partial charge on any atom is -0.462 e. The van der Waals surface area contributed by atoms with Gasteiger partial charge < -0.3 is 24.4 Å². The van der Waals surface area contributed by atoms with Crippen molar-refractivity contribution < 1.29 is 28.6 Å². The van der Waals surface area contributed by atoms with Crippen molar-refractivity contribution in [1.82, 2.24) is 0 Å². The van der Waals surface area contributed by atoms with Gasteiger partial charge >= 0.3 is 5.97 Å². The molecule has 3 heterocycles. The van der Waals surface area contributed by atoms with E-state index >= 15 is 0 Å². The van der Waals surface area contributed by atoms with Crippen LogP contribution in [0.4, 0.5) is 10.7 Å². The third-order valence-corrected chi connectivity index (χ3v) is 9.59. The summed E-state index contributed by atoms with van der Waals surface area (Å²) in [7, 11) is 0. The van der Waals surface area contributed by atoms with Crippen LogP contribution in [-0.4, -0.2) is 37.7 Å². The second-order valence-electron chi connectivity index (χ2n) is 9.55. The van der Waals surface area contributed by atoms with Gasteiger partial charge in [-0.2, -0.15) is 0 Å². The third-order valence-electron chi connectivity index (χ3n) is 7.06. The Morgan fingerprint density at radius 1 is 1.10 bits per heavy atom. The monoisotopic (exact) mass is 564 g/mol. The van der Waals surface area contributed by atoms with Crippen molar-refractivity contribution >= 4 is 51.6 Å². The summed E-state index contributed by atoms with van der Waals surface area (Å²) in [5, 5.41) is 3.30. The van der Waals surface area contributed by atoms with E-state index in [0.717, 1.165) is 46.6 Å². The van der Waals surface area contributed by atoms with Crippen LogP contribution < -0.4 is 19.7 Å². The topological polar surface area (TPSA) is 94.2 Å². The van der Waals surface area contributed by atoms with Crippen LogP contribution in [0.3, 0.4) is 0 Å². The van der Waals surface area contributed by atoms with Gasteiger partial charge in [-0.1, -0.05) is 18.2 Å². The first kappa shape index (κ1) is 25.8. The highest BCUT2D eigenvalue weighted by molar-refractivity contribution is 7.99. The predicted molar refractivity (Wildman–Crippen MR) is 150 cm³/mol. The van der Waals surface area contributed by atoms with Gasteiger partial charge in [-0.15, -0.1) is 23.1 Å². The molecule has 2 aliphatic heterocycles. The summed E-state index contributed by atoms with van der Waals surface area (Å²) >= 11 is 3.04. The highest BCUT2D eigenvalue weighted by atomic mass is 32.2. The van der Waals surface area contributed by atoms with Gasteiger partial charge in [0, 0.05) is 21.4 Å². The Kier molecular flexibility index (Phi) is 7.22. The van der Waals surface area contributed by atoms with Gasteiger partial charge in [0.05, 0.1) is 17.9 Å². The Morgan fingerprint density at radius 3 is 2.79 bits per heavy atom. The van der Waals surface area contributed by atoms with E-state index in [1.807, 2.05) is 42.5 Å². The van der Waals surface area contributed by atoms with Crippen LogP contribution in [0.5, 0.6) is 11.5 Å². The van der Waals surface area contributed by atoms with E-state index in [-0.39, 0.29) is 43.4 Å². The number of anilines is 2. The lowest BCUT2D eigenvalue weighted by Gasteiger charge is -2.22. The number of rotatable bonds is 6. The number of esters is 1. The standard InChI is InChI=1S/C29H28N2O6S2/c1-2-35-29(34)27-18-7-3-5-9-22(18)39-28(27)30-25(32)15-31-19-8-4-6-10-23(19)38-24(14-26(31)33)17-11-12-20-21(13-17)37-16-36-20/h4,6,8,10-13,24H,2-3,5,7,9,14-16H2,1H3,(H,30,32).